The van der Waals surface area contributed by atoms with Crippen LogP contribution in [0.25, 0.3) is 0 Å². The summed E-state index contributed by atoms with van der Waals surface area (Å²) < 4.78 is 10.7. The molecule has 2 fully saturated rings. The highest BCUT2D eigenvalue weighted by Gasteiger charge is 2.50. The Morgan fingerprint density at radius 3 is 1.82 bits per heavy atom. The maximum absolute atomic E-state index is 13.0. The van der Waals surface area contributed by atoms with Gasteiger partial charge in [0.2, 0.25) is 23.6 Å². The molecule has 0 aromatic rings. The maximum atomic E-state index is 13.0. The van der Waals surface area contributed by atoms with Gasteiger partial charge in [-0.3, -0.25) is 28.9 Å². The van der Waals surface area contributed by atoms with Crippen LogP contribution in [0.2, 0.25) is 0 Å². The summed E-state index contributed by atoms with van der Waals surface area (Å²) in [5, 5.41) is 10.7. The van der Waals surface area contributed by atoms with E-state index in [4.69, 9.17) is 9.47 Å². The zero-order valence-corrected chi connectivity index (χ0v) is 28.4. The van der Waals surface area contributed by atoms with E-state index < -0.39 is 35.4 Å². The lowest BCUT2D eigenvalue weighted by atomic mass is 9.76. The summed E-state index contributed by atoms with van der Waals surface area (Å²) in [5.41, 5.74) is -1.27. The molecule has 0 aromatic carbocycles. The van der Waals surface area contributed by atoms with Gasteiger partial charge in [-0.1, -0.05) is 41.5 Å². The highest BCUT2D eigenvalue weighted by Crippen LogP contribution is 2.35. The van der Waals surface area contributed by atoms with Gasteiger partial charge in [-0.2, -0.15) is 0 Å². The molecule has 2 aliphatic rings. The van der Waals surface area contributed by atoms with Crippen LogP contribution in [0.4, 0.5) is 0 Å². The van der Waals surface area contributed by atoms with E-state index in [0.717, 1.165) is 19.5 Å². The first-order chi connectivity index (χ1) is 20.3. The second kappa shape index (κ2) is 16.1. The second-order valence-corrected chi connectivity index (χ2v) is 14.8. The predicted molar refractivity (Wildman–Crippen MR) is 168 cm³/mol. The molecule has 3 atom stereocenters. The fourth-order valence-electron chi connectivity index (χ4n) is 6.00. The molecule has 2 saturated heterocycles. The Morgan fingerprint density at radius 1 is 0.795 bits per heavy atom. The van der Waals surface area contributed by atoms with Crippen LogP contribution in [0.3, 0.4) is 0 Å². The third kappa shape index (κ3) is 12.8. The fraction of sp³-hybridized carbons (Fsp3) is 0.844. The van der Waals surface area contributed by atoms with Crippen molar-refractivity contribution in [1.82, 2.24) is 26.2 Å². The number of hydrogen-bond donors (Lipinski definition) is 4. The Balaban J connectivity index is 1.85. The van der Waals surface area contributed by atoms with Crippen LogP contribution < -0.4 is 21.3 Å². The summed E-state index contributed by atoms with van der Waals surface area (Å²) in [6.07, 6.45) is 1.85. The SMILES string of the molecule is CC(C)C[C@H](NC(=O)CNC(=O)CC(C)(C)CC(C)(C)N1CCOCC1)C(=O)NCC(=O)N[C@@H](CC(C)C)C(=O)[C@@]1(C)CO1. The molecule has 0 radical (unpaired) electrons. The van der Waals surface area contributed by atoms with E-state index in [1.807, 2.05) is 27.7 Å². The largest absolute Gasteiger partial charge is 0.379 e. The molecular weight excluding hydrogens is 566 g/mol. The molecule has 2 rings (SSSR count). The number of ketones is 1. The van der Waals surface area contributed by atoms with Gasteiger partial charge in [0, 0.05) is 25.0 Å². The lowest BCUT2D eigenvalue weighted by Gasteiger charge is -2.44. The summed E-state index contributed by atoms with van der Waals surface area (Å²) >= 11 is 0. The van der Waals surface area contributed by atoms with Crippen molar-refractivity contribution in [3.05, 3.63) is 0 Å². The van der Waals surface area contributed by atoms with Crippen molar-refractivity contribution >= 4 is 29.4 Å². The quantitative estimate of drug-likeness (QED) is 0.168. The summed E-state index contributed by atoms with van der Waals surface area (Å²) in [6, 6.07) is -1.60. The van der Waals surface area contributed by atoms with Gasteiger partial charge in [0.1, 0.15) is 11.6 Å². The smallest absolute Gasteiger partial charge is 0.243 e. The van der Waals surface area contributed by atoms with Crippen LogP contribution in [0.5, 0.6) is 0 Å². The van der Waals surface area contributed by atoms with Gasteiger partial charge in [0.15, 0.2) is 5.78 Å². The van der Waals surface area contributed by atoms with Crippen LogP contribution in [-0.4, -0.2) is 104 Å². The number of epoxide rings is 1. The highest BCUT2D eigenvalue weighted by molar-refractivity contribution is 5.97. The van der Waals surface area contributed by atoms with E-state index in [1.165, 1.54) is 0 Å². The zero-order chi connectivity index (χ0) is 33.3. The number of carbonyl (C=O) groups is 5. The van der Waals surface area contributed by atoms with E-state index in [0.29, 0.717) is 32.7 Å². The second-order valence-electron chi connectivity index (χ2n) is 14.8. The first-order valence-corrected chi connectivity index (χ1v) is 16.0. The average Bonchev–Trinajstić information content (AvgIpc) is 3.66. The highest BCUT2D eigenvalue weighted by atomic mass is 16.6. The molecule has 44 heavy (non-hydrogen) atoms. The Bertz CT molecular complexity index is 1020. The van der Waals surface area contributed by atoms with Crippen molar-refractivity contribution < 1.29 is 33.4 Å². The standard InChI is InChI=1S/C32H57N5O7/c1-21(2)14-23(28(41)32(9)20-44-32)35-27(40)18-34-29(42)24(15-22(3)4)36-26(39)17-33-25(38)16-30(5,6)19-31(7,8)37-10-12-43-13-11-37/h21-24H,10-20H2,1-9H3,(H,33,38)(H,34,42)(H,35,40)(H,36,39)/t23-,24-,32+/m0/s1. The third-order valence-corrected chi connectivity index (χ3v) is 8.10. The van der Waals surface area contributed by atoms with E-state index in [2.05, 4.69) is 53.9 Å². The zero-order valence-electron chi connectivity index (χ0n) is 28.4. The molecule has 0 aromatic heterocycles. The average molecular weight is 624 g/mol. The van der Waals surface area contributed by atoms with Crippen molar-refractivity contribution in [2.75, 3.05) is 46.0 Å². The molecule has 0 aliphatic carbocycles. The number of ether oxygens (including phenoxy) is 2. The normalized spacial score (nSPS) is 20.5. The van der Waals surface area contributed by atoms with Gasteiger partial charge >= 0.3 is 0 Å². The maximum Gasteiger partial charge on any atom is 0.243 e. The van der Waals surface area contributed by atoms with Gasteiger partial charge in [-0.25, -0.2) is 0 Å². The van der Waals surface area contributed by atoms with E-state index >= 15 is 0 Å². The van der Waals surface area contributed by atoms with Gasteiger partial charge in [0.25, 0.3) is 0 Å². The van der Waals surface area contributed by atoms with Crippen LogP contribution >= 0.6 is 0 Å². The van der Waals surface area contributed by atoms with Crippen molar-refractivity contribution in [1.29, 1.82) is 0 Å². The topological polar surface area (TPSA) is 158 Å². The number of rotatable bonds is 18. The van der Waals surface area contributed by atoms with E-state index in [-0.39, 0.29) is 54.0 Å². The first kappa shape index (κ1) is 37.6. The van der Waals surface area contributed by atoms with Gasteiger partial charge in [0.05, 0.1) is 39.0 Å². The van der Waals surface area contributed by atoms with Gasteiger partial charge < -0.3 is 30.7 Å². The van der Waals surface area contributed by atoms with Crippen LogP contribution in [0.1, 0.15) is 88.0 Å². The van der Waals surface area contributed by atoms with E-state index in [1.54, 1.807) is 6.92 Å². The Kier molecular flexibility index (Phi) is 13.8. The van der Waals surface area contributed by atoms with Crippen molar-refractivity contribution in [2.45, 2.75) is 111 Å². The summed E-state index contributed by atoms with van der Waals surface area (Å²) in [5.74, 6) is -1.66. The van der Waals surface area contributed by atoms with Crippen LogP contribution in [-0.2, 0) is 33.4 Å². The lowest BCUT2D eigenvalue weighted by Crippen LogP contribution is -2.53. The number of nitrogens with one attached hydrogen (secondary N) is 4. The Labute approximate surface area is 263 Å². The number of Topliss-reactive ketones (excluding diaryl/α,β-unsaturated/α-hetero) is 1. The molecule has 4 amide bonds. The summed E-state index contributed by atoms with van der Waals surface area (Å²) in [4.78, 5) is 66.4. The monoisotopic (exact) mass is 623 g/mol. The first-order valence-electron chi connectivity index (χ1n) is 16.0. The molecule has 4 N–H and O–H groups in total. The Hall–Kier alpha value is -2.57. The van der Waals surface area contributed by atoms with Crippen LogP contribution in [0.15, 0.2) is 0 Å². The molecule has 2 aliphatic heterocycles. The van der Waals surface area contributed by atoms with Crippen molar-refractivity contribution in [3.63, 3.8) is 0 Å². The summed E-state index contributed by atoms with van der Waals surface area (Å²) in [7, 11) is 0. The number of hydrogen-bond acceptors (Lipinski definition) is 8. The van der Waals surface area contributed by atoms with Crippen molar-refractivity contribution in [2.24, 2.45) is 17.3 Å². The van der Waals surface area contributed by atoms with E-state index in [9.17, 15) is 24.0 Å². The number of carbonyl (C=O) groups excluding carboxylic acids is 5. The third-order valence-electron chi connectivity index (χ3n) is 8.10. The van der Waals surface area contributed by atoms with Gasteiger partial charge in [-0.15, -0.1) is 0 Å². The van der Waals surface area contributed by atoms with Crippen LogP contribution in [0, 0.1) is 17.3 Å². The molecule has 12 nitrogen and oxygen atoms in total. The minimum atomic E-state index is -0.884. The molecule has 0 bridgehead atoms. The number of nitrogens with zero attached hydrogens (tertiary/aromatic N) is 1. The van der Waals surface area contributed by atoms with Crippen molar-refractivity contribution in [3.8, 4) is 0 Å². The number of amides is 4. The summed E-state index contributed by atoms with van der Waals surface area (Å²) in [6.45, 7) is 20.8. The number of morpholine rings is 1. The lowest BCUT2D eigenvalue weighted by molar-refractivity contribution is -0.132. The molecule has 252 valence electrons. The molecule has 2 heterocycles. The minimum absolute atomic E-state index is 0.0809. The Morgan fingerprint density at radius 2 is 1.30 bits per heavy atom. The molecule has 0 saturated carbocycles. The predicted octanol–water partition coefficient (Wildman–Crippen LogP) is 1.56. The molecule has 0 unspecified atom stereocenters. The fourth-order valence-corrected chi connectivity index (χ4v) is 6.00. The van der Waals surface area contributed by atoms with Gasteiger partial charge in [-0.05, 0) is 57.3 Å². The molecular formula is C32H57N5O7. The molecule has 0 spiro atoms. The molecule has 12 heteroatoms. The minimum Gasteiger partial charge on any atom is -0.379 e.